The fourth-order valence-corrected chi connectivity index (χ4v) is 2.57. The van der Waals surface area contributed by atoms with Gasteiger partial charge >= 0.3 is 0 Å². The first kappa shape index (κ1) is 15.3. The van der Waals surface area contributed by atoms with Gasteiger partial charge in [0.1, 0.15) is 5.75 Å². The Hall–Kier alpha value is -2.06. The highest BCUT2D eigenvalue weighted by molar-refractivity contribution is 5.76. The summed E-state index contributed by atoms with van der Waals surface area (Å²) in [6.45, 7) is 3.45. The summed E-state index contributed by atoms with van der Waals surface area (Å²) in [4.78, 5) is 13.4. The number of piperidine rings is 1. The molecule has 1 heterocycles. The molecule has 0 unspecified atom stereocenters. The first-order chi connectivity index (χ1) is 10.2. The number of rotatable bonds is 6. The molecule has 1 amide bonds. The molecule has 1 saturated heterocycles. The minimum absolute atomic E-state index is 0.0474. The van der Waals surface area contributed by atoms with Gasteiger partial charge in [-0.25, -0.2) is 0 Å². The van der Waals surface area contributed by atoms with Crippen molar-refractivity contribution < 1.29 is 9.53 Å². The summed E-state index contributed by atoms with van der Waals surface area (Å²) >= 11 is 0. The highest BCUT2D eigenvalue weighted by atomic mass is 16.5. The van der Waals surface area contributed by atoms with Crippen molar-refractivity contribution in [3.05, 3.63) is 29.8 Å². The number of nitrogens with two attached hydrogens (primary N) is 1. The maximum absolute atomic E-state index is 11.1. The molecular weight excluding hydrogens is 266 g/mol. The van der Waals surface area contributed by atoms with E-state index in [9.17, 15) is 4.79 Å². The third-order valence-corrected chi connectivity index (χ3v) is 3.84. The molecule has 0 aromatic heterocycles. The third kappa shape index (κ3) is 4.76. The third-order valence-electron chi connectivity index (χ3n) is 3.84. The van der Waals surface area contributed by atoms with Crippen LogP contribution < -0.4 is 10.5 Å². The van der Waals surface area contributed by atoms with Crippen LogP contribution in [-0.4, -0.2) is 37.0 Å². The Bertz CT molecular complexity index is 516. The minimum Gasteiger partial charge on any atom is -0.494 e. The molecule has 0 aliphatic carbocycles. The lowest BCUT2D eigenvalue weighted by Gasteiger charge is -2.30. The number of carbonyl (C=O) groups is 1. The van der Waals surface area contributed by atoms with Gasteiger partial charge in [0.25, 0.3) is 0 Å². The maximum Gasteiger partial charge on any atom is 0.220 e. The van der Waals surface area contributed by atoms with E-state index in [4.69, 9.17) is 15.7 Å². The topological polar surface area (TPSA) is 79.3 Å². The molecule has 112 valence electrons. The van der Waals surface area contributed by atoms with Crippen molar-refractivity contribution in [2.45, 2.75) is 19.3 Å². The van der Waals surface area contributed by atoms with Crippen LogP contribution in [0.5, 0.6) is 5.75 Å². The van der Waals surface area contributed by atoms with Crippen molar-refractivity contribution in [3.8, 4) is 11.8 Å². The summed E-state index contributed by atoms with van der Waals surface area (Å²) in [6, 6.07) is 9.29. The Morgan fingerprint density at radius 3 is 2.86 bits per heavy atom. The molecule has 0 radical (unpaired) electrons. The molecule has 2 N–H and O–H groups in total. The minimum atomic E-state index is -0.171. The fraction of sp³-hybridized carbons (Fsp3) is 0.500. The van der Waals surface area contributed by atoms with Crippen LogP contribution in [0.1, 0.15) is 24.8 Å². The number of primary amides is 1. The lowest BCUT2D eigenvalue weighted by Crippen LogP contribution is -2.39. The second kappa shape index (κ2) is 7.65. The van der Waals surface area contributed by atoms with E-state index in [1.165, 1.54) is 0 Å². The number of likely N-dealkylation sites (tertiary alicyclic amines) is 1. The van der Waals surface area contributed by atoms with E-state index in [0.717, 1.165) is 44.6 Å². The second-order valence-corrected chi connectivity index (χ2v) is 5.36. The number of benzene rings is 1. The van der Waals surface area contributed by atoms with Crippen LogP contribution >= 0.6 is 0 Å². The van der Waals surface area contributed by atoms with E-state index in [-0.39, 0.29) is 11.8 Å². The number of hydrogen-bond acceptors (Lipinski definition) is 4. The molecule has 1 aromatic rings. The average molecular weight is 287 g/mol. The highest BCUT2D eigenvalue weighted by Crippen LogP contribution is 2.17. The molecule has 2 rings (SSSR count). The number of ether oxygens (including phenoxy) is 1. The van der Waals surface area contributed by atoms with E-state index >= 15 is 0 Å². The van der Waals surface area contributed by atoms with Gasteiger partial charge in [-0.2, -0.15) is 5.26 Å². The molecule has 0 saturated carbocycles. The molecule has 1 aromatic carbocycles. The van der Waals surface area contributed by atoms with Gasteiger partial charge in [-0.05, 0) is 50.6 Å². The van der Waals surface area contributed by atoms with Crippen molar-refractivity contribution in [3.63, 3.8) is 0 Å². The summed E-state index contributed by atoms with van der Waals surface area (Å²) in [7, 11) is 0. The molecular formula is C16H21N3O2. The number of hydrogen-bond donors (Lipinski definition) is 1. The van der Waals surface area contributed by atoms with Gasteiger partial charge in [-0.15, -0.1) is 0 Å². The largest absolute Gasteiger partial charge is 0.494 e. The highest BCUT2D eigenvalue weighted by Gasteiger charge is 2.22. The Morgan fingerprint density at radius 1 is 1.43 bits per heavy atom. The van der Waals surface area contributed by atoms with Crippen LogP contribution in [0.15, 0.2) is 24.3 Å². The van der Waals surface area contributed by atoms with E-state index in [1.807, 2.05) is 12.1 Å². The molecule has 5 nitrogen and oxygen atoms in total. The van der Waals surface area contributed by atoms with Crippen LogP contribution in [0.4, 0.5) is 0 Å². The van der Waals surface area contributed by atoms with E-state index in [1.54, 1.807) is 12.1 Å². The van der Waals surface area contributed by atoms with Crippen molar-refractivity contribution in [1.29, 1.82) is 5.26 Å². The zero-order valence-electron chi connectivity index (χ0n) is 12.1. The van der Waals surface area contributed by atoms with Gasteiger partial charge in [-0.3, -0.25) is 4.79 Å². The van der Waals surface area contributed by atoms with Gasteiger partial charge in [0.2, 0.25) is 5.91 Å². The first-order valence-electron chi connectivity index (χ1n) is 7.33. The molecule has 1 aliphatic rings. The molecule has 1 aliphatic heterocycles. The number of carbonyl (C=O) groups excluding carboxylic acids is 1. The quantitative estimate of drug-likeness (QED) is 0.805. The smallest absolute Gasteiger partial charge is 0.220 e. The normalized spacial score (nSPS) is 16.3. The van der Waals surface area contributed by atoms with Crippen molar-refractivity contribution in [2.24, 2.45) is 11.7 Å². The van der Waals surface area contributed by atoms with Crippen LogP contribution in [0.3, 0.4) is 0 Å². The van der Waals surface area contributed by atoms with E-state index in [2.05, 4.69) is 11.0 Å². The van der Waals surface area contributed by atoms with Crippen molar-refractivity contribution in [2.75, 3.05) is 26.2 Å². The Balaban J connectivity index is 1.64. The van der Waals surface area contributed by atoms with Crippen molar-refractivity contribution in [1.82, 2.24) is 4.90 Å². The van der Waals surface area contributed by atoms with Gasteiger partial charge in [0, 0.05) is 12.5 Å². The molecule has 0 atom stereocenters. The predicted molar refractivity (Wildman–Crippen MR) is 79.6 cm³/mol. The number of amides is 1. The van der Waals surface area contributed by atoms with Crippen LogP contribution in [-0.2, 0) is 4.79 Å². The SMILES string of the molecule is N#Cc1cccc(OCCCN2CCC(C(N)=O)CC2)c1. The zero-order valence-corrected chi connectivity index (χ0v) is 12.1. The first-order valence-corrected chi connectivity index (χ1v) is 7.33. The predicted octanol–water partition coefficient (Wildman–Crippen LogP) is 1.52. The zero-order chi connectivity index (χ0) is 15.1. The maximum atomic E-state index is 11.1. The lowest BCUT2D eigenvalue weighted by molar-refractivity contribution is -0.123. The summed E-state index contributed by atoms with van der Waals surface area (Å²) in [5, 5.41) is 8.82. The van der Waals surface area contributed by atoms with Crippen LogP contribution in [0.2, 0.25) is 0 Å². The van der Waals surface area contributed by atoms with Gasteiger partial charge < -0.3 is 15.4 Å². The molecule has 0 spiro atoms. The van der Waals surface area contributed by atoms with Crippen LogP contribution in [0.25, 0.3) is 0 Å². The second-order valence-electron chi connectivity index (χ2n) is 5.36. The summed E-state index contributed by atoms with van der Waals surface area (Å²) in [6.07, 6.45) is 2.65. The Labute approximate surface area is 125 Å². The monoisotopic (exact) mass is 287 g/mol. The number of nitrogens with zero attached hydrogens (tertiary/aromatic N) is 2. The molecule has 21 heavy (non-hydrogen) atoms. The summed E-state index contributed by atoms with van der Waals surface area (Å²) in [5.74, 6) is 0.614. The Morgan fingerprint density at radius 2 is 2.19 bits per heavy atom. The van der Waals surface area contributed by atoms with E-state index < -0.39 is 0 Å². The standard InChI is InChI=1S/C16H21N3O2/c17-12-13-3-1-4-15(11-13)21-10-2-7-19-8-5-14(6-9-19)16(18)20/h1,3-4,11,14H,2,5-10H2,(H2,18,20). The van der Waals surface area contributed by atoms with Gasteiger partial charge in [-0.1, -0.05) is 6.07 Å². The molecule has 1 fully saturated rings. The molecule has 5 heteroatoms. The summed E-state index contributed by atoms with van der Waals surface area (Å²) in [5.41, 5.74) is 5.93. The van der Waals surface area contributed by atoms with Crippen molar-refractivity contribution >= 4 is 5.91 Å². The molecule has 0 bridgehead atoms. The number of nitriles is 1. The average Bonchev–Trinajstić information content (AvgIpc) is 2.52. The van der Waals surface area contributed by atoms with Gasteiger partial charge in [0.15, 0.2) is 0 Å². The Kier molecular flexibility index (Phi) is 5.59. The lowest BCUT2D eigenvalue weighted by atomic mass is 9.96. The van der Waals surface area contributed by atoms with E-state index in [0.29, 0.717) is 12.2 Å². The van der Waals surface area contributed by atoms with Gasteiger partial charge in [0.05, 0.1) is 18.2 Å². The fourth-order valence-electron chi connectivity index (χ4n) is 2.57. The van der Waals surface area contributed by atoms with Crippen LogP contribution in [0, 0.1) is 17.2 Å². The summed E-state index contributed by atoms with van der Waals surface area (Å²) < 4.78 is 5.65.